The van der Waals surface area contributed by atoms with Crippen molar-refractivity contribution in [3.8, 4) is 0 Å². The van der Waals surface area contributed by atoms with Gasteiger partial charge in [-0.15, -0.1) is 0 Å². The third-order valence-electron chi connectivity index (χ3n) is 1.98. The molecule has 0 spiro atoms. The molecule has 0 aliphatic heterocycles. The first-order valence-corrected chi connectivity index (χ1v) is 5.49. The molecule has 0 rings (SSSR count). The van der Waals surface area contributed by atoms with Crippen LogP contribution in [0.3, 0.4) is 0 Å². The molecule has 0 aliphatic rings. The molecule has 2 nitrogen and oxygen atoms in total. The van der Waals surface area contributed by atoms with E-state index in [1.807, 2.05) is 0 Å². The van der Waals surface area contributed by atoms with Crippen molar-refractivity contribution >= 4 is 0 Å². The van der Waals surface area contributed by atoms with Gasteiger partial charge < -0.3 is 10.1 Å². The summed E-state index contributed by atoms with van der Waals surface area (Å²) in [7, 11) is 0. The molecule has 2 heteroatoms. The molecular formula is C11H25NO. The van der Waals surface area contributed by atoms with E-state index >= 15 is 0 Å². The zero-order valence-corrected chi connectivity index (χ0v) is 9.60. The van der Waals surface area contributed by atoms with Gasteiger partial charge in [-0.3, -0.25) is 0 Å². The van der Waals surface area contributed by atoms with E-state index in [0.717, 1.165) is 32.0 Å². The summed E-state index contributed by atoms with van der Waals surface area (Å²) in [4.78, 5) is 0. The smallest absolute Gasteiger partial charge is 0.0518 e. The van der Waals surface area contributed by atoms with Crippen LogP contribution in [0, 0.1) is 5.92 Å². The summed E-state index contributed by atoms with van der Waals surface area (Å²) in [6.45, 7) is 11.8. The predicted molar refractivity (Wildman–Crippen MR) is 58.0 cm³/mol. The van der Waals surface area contributed by atoms with Gasteiger partial charge in [0.05, 0.1) is 6.10 Å². The Labute approximate surface area is 83.1 Å². The molecule has 0 aromatic heterocycles. The van der Waals surface area contributed by atoms with Gasteiger partial charge in [-0.25, -0.2) is 0 Å². The van der Waals surface area contributed by atoms with Crippen molar-refractivity contribution in [3.63, 3.8) is 0 Å². The Kier molecular flexibility index (Phi) is 8.46. The zero-order valence-electron chi connectivity index (χ0n) is 9.60. The van der Waals surface area contributed by atoms with Crippen molar-refractivity contribution in [3.05, 3.63) is 0 Å². The fraction of sp³-hybridized carbons (Fsp3) is 1.00. The fourth-order valence-corrected chi connectivity index (χ4v) is 1.13. The predicted octanol–water partition coefficient (Wildman–Crippen LogP) is 2.44. The van der Waals surface area contributed by atoms with Crippen LogP contribution in [0.15, 0.2) is 0 Å². The van der Waals surface area contributed by atoms with Crippen LogP contribution >= 0.6 is 0 Å². The van der Waals surface area contributed by atoms with Gasteiger partial charge in [-0.2, -0.15) is 0 Å². The lowest BCUT2D eigenvalue weighted by molar-refractivity contribution is 0.0697. The molecule has 0 aliphatic carbocycles. The summed E-state index contributed by atoms with van der Waals surface area (Å²) in [5.41, 5.74) is 0. The van der Waals surface area contributed by atoms with Gasteiger partial charge >= 0.3 is 0 Å². The van der Waals surface area contributed by atoms with Crippen molar-refractivity contribution in [1.29, 1.82) is 0 Å². The topological polar surface area (TPSA) is 21.3 Å². The van der Waals surface area contributed by atoms with E-state index in [2.05, 4.69) is 33.0 Å². The second-order valence-corrected chi connectivity index (χ2v) is 4.02. The maximum Gasteiger partial charge on any atom is 0.0518 e. The van der Waals surface area contributed by atoms with Crippen LogP contribution in [0.2, 0.25) is 0 Å². The molecule has 0 fully saturated rings. The van der Waals surface area contributed by atoms with E-state index in [-0.39, 0.29) is 0 Å². The van der Waals surface area contributed by atoms with Crippen molar-refractivity contribution in [2.24, 2.45) is 5.92 Å². The second-order valence-electron chi connectivity index (χ2n) is 4.02. The molecule has 13 heavy (non-hydrogen) atoms. The molecule has 0 amide bonds. The molecule has 0 aromatic carbocycles. The van der Waals surface area contributed by atoms with Crippen LogP contribution in [-0.4, -0.2) is 25.8 Å². The van der Waals surface area contributed by atoms with Crippen LogP contribution in [0.4, 0.5) is 0 Å². The van der Waals surface area contributed by atoms with E-state index in [4.69, 9.17) is 4.74 Å². The third kappa shape index (κ3) is 9.84. The summed E-state index contributed by atoms with van der Waals surface area (Å²) in [6, 6.07) is 0. The maximum absolute atomic E-state index is 5.49. The van der Waals surface area contributed by atoms with Crippen LogP contribution in [0.1, 0.15) is 40.5 Å². The Morgan fingerprint density at radius 3 is 2.46 bits per heavy atom. The molecule has 0 radical (unpaired) electrons. The molecule has 80 valence electrons. The highest BCUT2D eigenvalue weighted by atomic mass is 16.5. The van der Waals surface area contributed by atoms with Gasteiger partial charge in [0.15, 0.2) is 0 Å². The molecule has 0 bridgehead atoms. The lowest BCUT2D eigenvalue weighted by Gasteiger charge is -2.13. The Morgan fingerprint density at radius 1 is 1.23 bits per heavy atom. The lowest BCUT2D eigenvalue weighted by Crippen LogP contribution is -2.23. The molecule has 0 saturated heterocycles. The highest BCUT2D eigenvalue weighted by molar-refractivity contribution is 4.56. The van der Waals surface area contributed by atoms with E-state index in [1.54, 1.807) is 0 Å². The number of nitrogens with one attached hydrogen (secondary N) is 1. The largest absolute Gasteiger partial charge is 0.379 e. The summed E-state index contributed by atoms with van der Waals surface area (Å²) in [5, 5.41) is 3.42. The lowest BCUT2D eigenvalue weighted by atomic mass is 10.1. The normalized spacial score (nSPS) is 13.6. The highest BCUT2D eigenvalue weighted by Gasteiger charge is 2.01. The maximum atomic E-state index is 5.49. The number of ether oxygens (including phenoxy) is 1. The summed E-state index contributed by atoms with van der Waals surface area (Å²) in [5.74, 6) is 0.727. The number of hydrogen-bond donors (Lipinski definition) is 1. The van der Waals surface area contributed by atoms with E-state index in [0.29, 0.717) is 6.10 Å². The molecular weight excluding hydrogens is 162 g/mol. The Bertz CT molecular complexity index is 104. The fourth-order valence-electron chi connectivity index (χ4n) is 1.13. The molecule has 1 unspecified atom stereocenters. The van der Waals surface area contributed by atoms with Crippen molar-refractivity contribution in [1.82, 2.24) is 5.32 Å². The van der Waals surface area contributed by atoms with Gasteiger partial charge in [-0.05, 0) is 45.7 Å². The molecule has 0 aromatic rings. The monoisotopic (exact) mass is 187 g/mol. The number of rotatable bonds is 8. The Morgan fingerprint density at radius 2 is 1.92 bits per heavy atom. The first-order chi connectivity index (χ1) is 6.16. The van der Waals surface area contributed by atoms with Gasteiger partial charge in [-0.1, -0.05) is 13.8 Å². The average Bonchev–Trinajstić information content (AvgIpc) is 2.04. The van der Waals surface area contributed by atoms with Gasteiger partial charge in [0.1, 0.15) is 0 Å². The highest BCUT2D eigenvalue weighted by Crippen LogP contribution is 2.01. The minimum Gasteiger partial charge on any atom is -0.379 e. The van der Waals surface area contributed by atoms with Gasteiger partial charge in [0.2, 0.25) is 0 Å². The Hall–Kier alpha value is -0.0800. The second kappa shape index (κ2) is 8.52. The van der Waals surface area contributed by atoms with Crippen molar-refractivity contribution in [2.75, 3.05) is 19.7 Å². The molecule has 1 N–H and O–H groups in total. The van der Waals surface area contributed by atoms with Gasteiger partial charge in [0, 0.05) is 6.61 Å². The minimum atomic E-state index is 0.371. The molecule has 0 saturated carbocycles. The average molecular weight is 187 g/mol. The van der Waals surface area contributed by atoms with Crippen LogP contribution in [0.25, 0.3) is 0 Å². The van der Waals surface area contributed by atoms with E-state index in [9.17, 15) is 0 Å². The SMILES string of the molecule is CCCNCC(C)CCOC(C)C. The van der Waals surface area contributed by atoms with Crippen LogP contribution < -0.4 is 5.32 Å². The van der Waals surface area contributed by atoms with Crippen molar-refractivity contribution in [2.45, 2.75) is 46.6 Å². The minimum absolute atomic E-state index is 0.371. The molecule has 0 heterocycles. The number of hydrogen-bond acceptors (Lipinski definition) is 2. The zero-order chi connectivity index (χ0) is 10.1. The summed E-state index contributed by atoms with van der Waals surface area (Å²) < 4.78 is 5.49. The Balaban J connectivity index is 3.15. The molecule has 1 atom stereocenters. The third-order valence-corrected chi connectivity index (χ3v) is 1.98. The summed E-state index contributed by atoms with van der Waals surface area (Å²) >= 11 is 0. The van der Waals surface area contributed by atoms with E-state index in [1.165, 1.54) is 6.42 Å². The van der Waals surface area contributed by atoms with Crippen LogP contribution in [-0.2, 0) is 4.74 Å². The van der Waals surface area contributed by atoms with Gasteiger partial charge in [0.25, 0.3) is 0 Å². The van der Waals surface area contributed by atoms with E-state index < -0.39 is 0 Å². The summed E-state index contributed by atoms with van der Waals surface area (Å²) in [6.07, 6.45) is 2.75. The quantitative estimate of drug-likeness (QED) is 0.589. The van der Waals surface area contributed by atoms with Crippen molar-refractivity contribution < 1.29 is 4.74 Å². The van der Waals surface area contributed by atoms with Crippen LogP contribution in [0.5, 0.6) is 0 Å². The first-order valence-electron chi connectivity index (χ1n) is 5.49. The standard InChI is InChI=1S/C11H25NO/c1-5-7-12-9-11(4)6-8-13-10(2)3/h10-12H,5-9H2,1-4H3. The first kappa shape index (κ1) is 12.9.